The van der Waals surface area contributed by atoms with Crippen LogP contribution in [0.4, 0.5) is 5.69 Å². The number of carbonyl (C=O) groups excluding carboxylic acids is 3. The van der Waals surface area contributed by atoms with E-state index in [1.54, 1.807) is 18.2 Å². The van der Waals surface area contributed by atoms with Gasteiger partial charge in [0.2, 0.25) is 0 Å². The Balaban J connectivity index is 2.20. The van der Waals surface area contributed by atoms with Crippen molar-refractivity contribution < 1.29 is 33.7 Å². The monoisotopic (exact) mass is 699 g/mol. The van der Waals surface area contributed by atoms with Gasteiger partial charge >= 0.3 is 17.9 Å². The third-order valence-electron chi connectivity index (χ3n) is 8.89. The Morgan fingerprint density at radius 1 is 0.706 bits per heavy atom. The van der Waals surface area contributed by atoms with Crippen molar-refractivity contribution in [3.8, 4) is 11.5 Å². The summed E-state index contributed by atoms with van der Waals surface area (Å²) in [4.78, 5) is 40.8. The fourth-order valence-electron chi connectivity index (χ4n) is 6.01. The molecule has 0 saturated carbocycles. The summed E-state index contributed by atoms with van der Waals surface area (Å²) in [5.74, 6) is -1.42. The molecule has 3 aromatic rings. The lowest BCUT2D eigenvalue weighted by Crippen LogP contribution is -2.27. The number of aromatic hydroxyl groups is 1. The summed E-state index contributed by atoms with van der Waals surface area (Å²) in [6, 6.07) is 15.1. The van der Waals surface area contributed by atoms with E-state index in [0.29, 0.717) is 33.6 Å². The highest BCUT2D eigenvalue weighted by molar-refractivity contribution is 6.17. The van der Waals surface area contributed by atoms with Crippen LogP contribution in [0.2, 0.25) is 0 Å². The van der Waals surface area contributed by atoms with Crippen molar-refractivity contribution >= 4 is 29.7 Å². The molecule has 0 amide bonds. The van der Waals surface area contributed by atoms with Crippen molar-refractivity contribution in [2.45, 2.75) is 111 Å². The van der Waals surface area contributed by atoms with Crippen molar-refractivity contribution in [1.82, 2.24) is 0 Å². The maximum absolute atomic E-state index is 14.5. The molecule has 0 aromatic heterocycles. The number of methoxy groups -OCH3 is 2. The van der Waals surface area contributed by atoms with Crippen LogP contribution < -0.4 is 9.64 Å². The fourth-order valence-corrected chi connectivity index (χ4v) is 6.01. The predicted molar refractivity (Wildman–Crippen MR) is 205 cm³/mol. The molecule has 8 nitrogen and oxygen atoms in total. The largest absolute Gasteiger partial charge is 0.507 e. The van der Waals surface area contributed by atoms with Gasteiger partial charge in [0, 0.05) is 36.0 Å². The third kappa shape index (κ3) is 9.60. The van der Waals surface area contributed by atoms with E-state index in [0.717, 1.165) is 16.8 Å². The van der Waals surface area contributed by atoms with E-state index in [1.165, 1.54) is 20.3 Å². The molecule has 1 N–H and O–H groups in total. The van der Waals surface area contributed by atoms with Gasteiger partial charge in [-0.3, -0.25) is 0 Å². The molecule has 0 aliphatic heterocycles. The first kappa shape index (κ1) is 40.8. The smallest absolute Gasteiger partial charge is 0.345 e. The Labute approximate surface area is 304 Å². The van der Waals surface area contributed by atoms with Crippen molar-refractivity contribution in [1.29, 1.82) is 0 Å². The van der Waals surface area contributed by atoms with Gasteiger partial charge in [0.1, 0.15) is 17.1 Å². The zero-order valence-corrected chi connectivity index (χ0v) is 33.2. The molecule has 3 aromatic carbocycles. The lowest BCUT2D eigenvalue weighted by atomic mass is 9.75. The van der Waals surface area contributed by atoms with Crippen molar-refractivity contribution in [2.24, 2.45) is 0 Å². The second-order valence-electron chi connectivity index (χ2n) is 17.3. The first-order valence-corrected chi connectivity index (χ1v) is 17.3. The van der Waals surface area contributed by atoms with Crippen LogP contribution in [-0.4, -0.2) is 44.3 Å². The van der Waals surface area contributed by atoms with Gasteiger partial charge in [0.15, 0.2) is 0 Å². The van der Waals surface area contributed by atoms with Crippen LogP contribution in [0.15, 0.2) is 54.1 Å². The number of hydrogen-bond donors (Lipinski definition) is 1. The molecule has 0 radical (unpaired) electrons. The Kier molecular flexibility index (Phi) is 12.0. The second kappa shape index (κ2) is 14.9. The normalized spacial score (nSPS) is 12.2. The molecule has 0 atom stereocenters. The number of phenolic OH excluding ortho intramolecular Hbond substituents is 1. The van der Waals surface area contributed by atoms with E-state index < -0.39 is 28.7 Å². The molecule has 276 valence electrons. The quantitative estimate of drug-likeness (QED) is 0.0817. The number of anilines is 1. The minimum atomic E-state index is -0.796. The van der Waals surface area contributed by atoms with E-state index >= 15 is 0 Å². The zero-order chi connectivity index (χ0) is 38.9. The lowest BCUT2D eigenvalue weighted by molar-refractivity contribution is -0.143. The first-order valence-electron chi connectivity index (χ1n) is 17.3. The van der Waals surface area contributed by atoms with Gasteiger partial charge in [-0.25, -0.2) is 14.4 Å². The number of phenols is 1. The Morgan fingerprint density at radius 3 is 1.69 bits per heavy atom. The molecule has 0 heterocycles. The molecule has 0 saturated heterocycles. The highest BCUT2D eigenvalue weighted by Crippen LogP contribution is 2.44. The number of benzene rings is 3. The van der Waals surface area contributed by atoms with E-state index in [1.807, 2.05) is 77.8 Å². The number of rotatable bonds is 8. The van der Waals surface area contributed by atoms with Crippen LogP contribution in [0.5, 0.6) is 11.5 Å². The minimum absolute atomic E-state index is 0.0834. The second-order valence-corrected chi connectivity index (χ2v) is 17.3. The van der Waals surface area contributed by atoms with Gasteiger partial charge in [-0.15, -0.1) is 0 Å². The summed E-state index contributed by atoms with van der Waals surface area (Å²) in [5.41, 5.74) is 4.26. The molecule has 0 aliphatic rings. The van der Waals surface area contributed by atoms with Crippen molar-refractivity contribution in [3.63, 3.8) is 0 Å². The summed E-state index contributed by atoms with van der Waals surface area (Å²) in [5, 5.41) is 11.9. The molecule has 0 bridgehead atoms. The Hall–Kier alpha value is -4.59. The van der Waals surface area contributed by atoms with Crippen LogP contribution in [0.1, 0.15) is 127 Å². The van der Waals surface area contributed by atoms with Gasteiger partial charge in [0.05, 0.1) is 19.8 Å². The molecule has 3 rings (SSSR count). The predicted octanol–water partition coefficient (Wildman–Crippen LogP) is 9.17. The molecule has 0 unspecified atom stereocenters. The van der Waals surface area contributed by atoms with Crippen LogP contribution in [0.3, 0.4) is 0 Å². The topological polar surface area (TPSA) is 102 Å². The Morgan fingerprint density at radius 2 is 1.24 bits per heavy atom. The Bertz CT molecular complexity index is 1790. The molecular formula is C43H57NO7. The molecule has 51 heavy (non-hydrogen) atoms. The maximum Gasteiger partial charge on any atom is 0.345 e. The third-order valence-corrected chi connectivity index (χ3v) is 8.89. The summed E-state index contributed by atoms with van der Waals surface area (Å²) in [7, 11) is 4.30. The van der Waals surface area contributed by atoms with Crippen LogP contribution in [0.25, 0.3) is 6.08 Å². The van der Waals surface area contributed by atoms with Crippen LogP contribution in [0, 0.1) is 0 Å². The summed E-state index contributed by atoms with van der Waals surface area (Å²) in [6.07, 6.45) is 1.41. The minimum Gasteiger partial charge on any atom is -0.507 e. The van der Waals surface area contributed by atoms with E-state index in [4.69, 9.17) is 14.2 Å². The summed E-state index contributed by atoms with van der Waals surface area (Å²) >= 11 is 0. The van der Waals surface area contributed by atoms with Gasteiger partial charge in [-0.1, -0.05) is 107 Å². The van der Waals surface area contributed by atoms with Crippen molar-refractivity contribution in [2.75, 3.05) is 26.2 Å². The van der Waals surface area contributed by atoms with Crippen LogP contribution in [-0.2, 0) is 47.3 Å². The van der Waals surface area contributed by atoms with Crippen LogP contribution >= 0.6 is 0 Å². The van der Waals surface area contributed by atoms with Gasteiger partial charge in [-0.05, 0) is 68.7 Å². The van der Waals surface area contributed by atoms with Gasteiger partial charge < -0.3 is 24.2 Å². The number of carbonyl (C=O) groups is 3. The van der Waals surface area contributed by atoms with Crippen molar-refractivity contribution in [3.05, 3.63) is 93.0 Å². The average molecular weight is 700 g/mol. The highest BCUT2D eigenvalue weighted by Gasteiger charge is 2.34. The number of nitrogens with zero attached hydrogens (tertiary/aromatic N) is 1. The number of hydrogen-bond acceptors (Lipinski definition) is 8. The SMILES string of the molecule is COC(=O)C(=Cc1ccc(N(C)Cc2c(C(=O)Oc3ccc(C(C)(C)C)cc3C(C)(C)C)cc(C(C)(C)C)c(O)c2C(C)(C)C)cc1)C(=O)OC. The average Bonchev–Trinajstić information content (AvgIpc) is 3.01. The summed E-state index contributed by atoms with van der Waals surface area (Å²) < 4.78 is 15.8. The van der Waals surface area contributed by atoms with Gasteiger partial charge in [0.25, 0.3) is 0 Å². The summed E-state index contributed by atoms with van der Waals surface area (Å²) in [6.45, 7) is 25.2. The maximum atomic E-state index is 14.5. The van der Waals surface area contributed by atoms with E-state index in [9.17, 15) is 19.5 Å². The van der Waals surface area contributed by atoms with Gasteiger partial charge in [-0.2, -0.15) is 0 Å². The van der Waals surface area contributed by atoms with E-state index in [2.05, 4.69) is 47.6 Å². The fraction of sp³-hybridized carbons (Fsp3) is 0.465. The number of ether oxygens (including phenoxy) is 3. The first-order chi connectivity index (χ1) is 23.3. The van der Waals surface area contributed by atoms with E-state index in [-0.39, 0.29) is 28.7 Å². The molecule has 0 spiro atoms. The highest BCUT2D eigenvalue weighted by atomic mass is 16.5. The molecule has 8 heteroatoms. The zero-order valence-electron chi connectivity index (χ0n) is 33.2. The molecular weight excluding hydrogens is 642 g/mol. The lowest BCUT2D eigenvalue weighted by Gasteiger charge is -2.33. The number of esters is 3. The molecule has 0 aliphatic carbocycles. The molecule has 0 fully saturated rings. The standard InChI is InChI=1S/C43H57NO7/c1-40(2,3)27-18-21-34(32(23-27)41(4,5)6)51-39(48)29-24-33(42(7,8)9)36(45)35(43(10,11)12)31(29)25-44(13)28-19-16-26(17-20-28)22-30(37(46)49-14)38(47)50-15/h16-24,45H,25H2,1-15H3.